The molecule has 2 aliphatic rings. The predicted octanol–water partition coefficient (Wildman–Crippen LogP) is 1.65. The van der Waals surface area contributed by atoms with Crippen molar-refractivity contribution in [3.63, 3.8) is 0 Å². The van der Waals surface area contributed by atoms with Gasteiger partial charge in [-0.1, -0.05) is 13.8 Å². The van der Waals surface area contributed by atoms with Gasteiger partial charge in [0, 0.05) is 44.8 Å². The largest absolute Gasteiger partial charge is 0.314 e. The van der Waals surface area contributed by atoms with Gasteiger partial charge in [0.05, 0.1) is 0 Å². The van der Waals surface area contributed by atoms with Gasteiger partial charge < -0.3 is 10.2 Å². The molecule has 0 aliphatic carbocycles. The summed E-state index contributed by atoms with van der Waals surface area (Å²) in [6, 6.07) is 0. The van der Waals surface area contributed by atoms with E-state index >= 15 is 0 Å². The van der Waals surface area contributed by atoms with Crippen LogP contribution in [0.15, 0.2) is 0 Å². The summed E-state index contributed by atoms with van der Waals surface area (Å²) in [6.07, 6.45) is 1.40. The molecule has 0 aromatic heterocycles. The average molecular weight is 253 g/mol. The van der Waals surface area contributed by atoms with Gasteiger partial charge in [-0.2, -0.15) is 0 Å². The van der Waals surface area contributed by atoms with Crippen LogP contribution in [0.25, 0.3) is 0 Å². The van der Waals surface area contributed by atoms with E-state index in [1.807, 2.05) is 0 Å². The van der Waals surface area contributed by atoms with Crippen LogP contribution < -0.4 is 5.32 Å². The first-order chi connectivity index (χ1) is 8.49. The Kier molecular flexibility index (Phi) is 4.68. The zero-order valence-corrected chi connectivity index (χ0v) is 12.7. The summed E-state index contributed by atoms with van der Waals surface area (Å²) in [5.41, 5.74) is 0.327. The molecule has 106 valence electrons. The molecule has 3 heteroatoms. The summed E-state index contributed by atoms with van der Waals surface area (Å²) in [5, 5.41) is 3.45. The molecule has 0 bridgehead atoms. The van der Waals surface area contributed by atoms with Gasteiger partial charge in [-0.05, 0) is 38.6 Å². The first-order valence-electron chi connectivity index (χ1n) is 7.67. The quantitative estimate of drug-likeness (QED) is 0.822. The normalized spacial score (nSPS) is 28.2. The summed E-state index contributed by atoms with van der Waals surface area (Å²) >= 11 is 0. The molecule has 1 N–H and O–H groups in total. The molecular formula is C15H31N3. The van der Waals surface area contributed by atoms with E-state index in [1.54, 1.807) is 0 Å². The maximum absolute atomic E-state index is 3.45. The molecular weight excluding hydrogens is 222 g/mol. The lowest BCUT2D eigenvalue weighted by atomic mass is 9.95. The van der Waals surface area contributed by atoms with E-state index in [2.05, 4.69) is 42.8 Å². The molecule has 2 aliphatic heterocycles. The maximum atomic E-state index is 3.45. The molecule has 0 amide bonds. The summed E-state index contributed by atoms with van der Waals surface area (Å²) in [6.45, 7) is 18.1. The lowest BCUT2D eigenvalue weighted by molar-refractivity contribution is 0.0690. The molecule has 0 aromatic rings. The number of rotatable bonds is 4. The van der Waals surface area contributed by atoms with Crippen molar-refractivity contribution in [3.05, 3.63) is 0 Å². The molecule has 2 rings (SSSR count). The smallest absolute Gasteiger partial charge is 0.0281 e. The zero-order chi connectivity index (χ0) is 13.2. The van der Waals surface area contributed by atoms with E-state index in [1.165, 1.54) is 39.1 Å². The minimum Gasteiger partial charge on any atom is -0.314 e. The van der Waals surface area contributed by atoms with E-state index < -0.39 is 0 Å². The Balaban J connectivity index is 1.84. The Morgan fingerprint density at radius 1 is 1.17 bits per heavy atom. The van der Waals surface area contributed by atoms with Crippen LogP contribution in [-0.4, -0.2) is 61.2 Å². The van der Waals surface area contributed by atoms with E-state index in [0.29, 0.717) is 5.54 Å². The highest BCUT2D eigenvalue weighted by Gasteiger charge is 2.33. The van der Waals surface area contributed by atoms with Gasteiger partial charge in [0.15, 0.2) is 0 Å². The van der Waals surface area contributed by atoms with Crippen molar-refractivity contribution in [2.45, 2.75) is 39.7 Å². The van der Waals surface area contributed by atoms with E-state index in [0.717, 1.165) is 24.9 Å². The van der Waals surface area contributed by atoms with Crippen molar-refractivity contribution in [3.8, 4) is 0 Å². The molecule has 1 unspecified atom stereocenters. The SMILES string of the molecule is CC(C)C1CCN(CC(C)(C)N2CCNCC2)C1. The van der Waals surface area contributed by atoms with Crippen LogP contribution in [0.4, 0.5) is 0 Å². The third-order valence-electron chi connectivity index (χ3n) is 4.84. The van der Waals surface area contributed by atoms with E-state index in [4.69, 9.17) is 0 Å². The van der Waals surface area contributed by atoms with Crippen molar-refractivity contribution in [2.75, 3.05) is 45.8 Å². The van der Waals surface area contributed by atoms with Gasteiger partial charge in [-0.25, -0.2) is 0 Å². The molecule has 2 heterocycles. The summed E-state index contributed by atoms with van der Waals surface area (Å²) in [4.78, 5) is 5.35. The minimum absolute atomic E-state index is 0.327. The minimum atomic E-state index is 0.327. The zero-order valence-electron chi connectivity index (χ0n) is 12.7. The number of hydrogen-bond donors (Lipinski definition) is 1. The topological polar surface area (TPSA) is 18.5 Å². The number of nitrogens with zero attached hydrogens (tertiary/aromatic N) is 2. The monoisotopic (exact) mass is 253 g/mol. The van der Waals surface area contributed by atoms with Gasteiger partial charge >= 0.3 is 0 Å². The summed E-state index contributed by atoms with van der Waals surface area (Å²) in [5.74, 6) is 1.76. The highest BCUT2D eigenvalue weighted by molar-refractivity contribution is 4.90. The standard InChI is InChI=1S/C15H31N3/c1-13(2)14-5-8-17(11-14)12-15(3,4)18-9-6-16-7-10-18/h13-14,16H,5-12H2,1-4H3. The van der Waals surface area contributed by atoms with Crippen LogP contribution in [0.2, 0.25) is 0 Å². The first-order valence-corrected chi connectivity index (χ1v) is 7.67. The van der Waals surface area contributed by atoms with Crippen molar-refractivity contribution < 1.29 is 0 Å². The fourth-order valence-corrected chi connectivity index (χ4v) is 3.47. The van der Waals surface area contributed by atoms with Crippen LogP contribution in [0.1, 0.15) is 34.1 Å². The third kappa shape index (κ3) is 3.46. The van der Waals surface area contributed by atoms with Gasteiger partial charge in [-0.3, -0.25) is 4.90 Å². The number of hydrogen-bond acceptors (Lipinski definition) is 3. The molecule has 1 atom stereocenters. The molecule has 2 saturated heterocycles. The highest BCUT2D eigenvalue weighted by atomic mass is 15.3. The van der Waals surface area contributed by atoms with Crippen LogP contribution in [0, 0.1) is 11.8 Å². The van der Waals surface area contributed by atoms with Gasteiger partial charge in [0.25, 0.3) is 0 Å². The van der Waals surface area contributed by atoms with E-state index in [9.17, 15) is 0 Å². The predicted molar refractivity (Wildman–Crippen MR) is 77.9 cm³/mol. The molecule has 3 nitrogen and oxygen atoms in total. The fraction of sp³-hybridized carbons (Fsp3) is 1.00. The van der Waals surface area contributed by atoms with Crippen LogP contribution >= 0.6 is 0 Å². The van der Waals surface area contributed by atoms with Crippen molar-refractivity contribution in [1.29, 1.82) is 0 Å². The van der Waals surface area contributed by atoms with Gasteiger partial charge in [0.1, 0.15) is 0 Å². The maximum Gasteiger partial charge on any atom is 0.0281 e. The summed E-state index contributed by atoms with van der Waals surface area (Å²) < 4.78 is 0. The van der Waals surface area contributed by atoms with Gasteiger partial charge in [0.2, 0.25) is 0 Å². The molecule has 2 fully saturated rings. The van der Waals surface area contributed by atoms with Crippen LogP contribution in [0.5, 0.6) is 0 Å². The average Bonchev–Trinajstić information content (AvgIpc) is 2.78. The highest BCUT2D eigenvalue weighted by Crippen LogP contribution is 2.26. The van der Waals surface area contributed by atoms with Crippen LogP contribution in [-0.2, 0) is 0 Å². The second-order valence-corrected chi connectivity index (χ2v) is 7.08. The molecule has 0 aromatic carbocycles. The summed E-state index contributed by atoms with van der Waals surface area (Å²) in [7, 11) is 0. The Hall–Kier alpha value is -0.120. The second-order valence-electron chi connectivity index (χ2n) is 7.08. The number of likely N-dealkylation sites (tertiary alicyclic amines) is 1. The third-order valence-corrected chi connectivity index (χ3v) is 4.84. The van der Waals surface area contributed by atoms with Crippen molar-refractivity contribution in [2.24, 2.45) is 11.8 Å². The number of piperazine rings is 1. The van der Waals surface area contributed by atoms with Crippen LogP contribution in [0.3, 0.4) is 0 Å². The van der Waals surface area contributed by atoms with Crippen molar-refractivity contribution >= 4 is 0 Å². The van der Waals surface area contributed by atoms with E-state index in [-0.39, 0.29) is 0 Å². The lowest BCUT2D eigenvalue weighted by Gasteiger charge is -2.43. The molecule has 0 saturated carbocycles. The molecule has 0 radical (unpaired) electrons. The Morgan fingerprint density at radius 3 is 2.39 bits per heavy atom. The Bertz CT molecular complexity index is 256. The Labute approximate surface area is 113 Å². The first kappa shape index (κ1) is 14.3. The molecule has 18 heavy (non-hydrogen) atoms. The number of nitrogens with one attached hydrogen (secondary N) is 1. The molecule has 0 spiro atoms. The second kappa shape index (κ2) is 5.89. The fourth-order valence-electron chi connectivity index (χ4n) is 3.47. The van der Waals surface area contributed by atoms with Crippen molar-refractivity contribution in [1.82, 2.24) is 15.1 Å². The van der Waals surface area contributed by atoms with Gasteiger partial charge in [-0.15, -0.1) is 0 Å². The Morgan fingerprint density at radius 2 is 1.83 bits per heavy atom. The lowest BCUT2D eigenvalue weighted by Crippen LogP contribution is -2.57.